The van der Waals surface area contributed by atoms with Crippen molar-refractivity contribution in [2.45, 2.75) is 13.0 Å². The van der Waals surface area contributed by atoms with Crippen LogP contribution in [0.15, 0.2) is 48.5 Å². The molecule has 0 aromatic heterocycles. The topological polar surface area (TPSA) is 96.3 Å². The maximum atomic E-state index is 12.1. The molecule has 2 rings (SSSR count). The highest BCUT2D eigenvalue weighted by Crippen LogP contribution is 2.12. The molecule has 2 aromatic rings. The molecule has 1 unspecified atom stereocenters. The largest absolute Gasteiger partial charge is 0.449 e. The lowest BCUT2D eigenvalue weighted by molar-refractivity contribution is -0.123. The molecule has 0 aliphatic carbocycles. The zero-order valence-electron chi connectivity index (χ0n) is 12.9. The van der Waals surface area contributed by atoms with Crippen LogP contribution in [-0.2, 0) is 9.53 Å². The number of carbonyl (C=O) groups is 3. The zero-order chi connectivity index (χ0) is 17.5. The Morgan fingerprint density at radius 2 is 1.92 bits per heavy atom. The monoisotopic (exact) mass is 322 g/mol. The minimum atomic E-state index is -1.02. The molecule has 0 radical (unpaired) electrons. The first-order chi connectivity index (χ1) is 11.5. The van der Waals surface area contributed by atoms with Crippen molar-refractivity contribution < 1.29 is 19.1 Å². The number of nitriles is 1. The number of nitrogens with one attached hydrogen (secondary N) is 1. The number of anilines is 1. The Hall–Kier alpha value is -3.46. The molecule has 0 heterocycles. The van der Waals surface area contributed by atoms with E-state index in [4.69, 9.17) is 10.00 Å². The number of carbonyl (C=O) groups excluding carboxylic acids is 3. The summed E-state index contributed by atoms with van der Waals surface area (Å²) in [7, 11) is 0. The summed E-state index contributed by atoms with van der Waals surface area (Å²) in [6.07, 6.45) is -0.352. The highest BCUT2D eigenvalue weighted by molar-refractivity contribution is 5.97. The maximum Gasteiger partial charge on any atom is 0.338 e. The average Bonchev–Trinajstić information content (AvgIpc) is 2.61. The number of hydrogen-bond acceptors (Lipinski definition) is 5. The Morgan fingerprint density at radius 3 is 2.54 bits per heavy atom. The Bertz CT molecular complexity index is 807. The van der Waals surface area contributed by atoms with Crippen molar-refractivity contribution in [3.05, 3.63) is 65.2 Å². The molecule has 0 aliphatic heterocycles. The van der Waals surface area contributed by atoms with Gasteiger partial charge in [-0.2, -0.15) is 5.26 Å². The van der Waals surface area contributed by atoms with Crippen molar-refractivity contribution in [1.82, 2.24) is 0 Å². The van der Waals surface area contributed by atoms with Crippen LogP contribution in [0.3, 0.4) is 0 Å². The summed E-state index contributed by atoms with van der Waals surface area (Å²) in [4.78, 5) is 34.6. The number of ether oxygens (including phenoxy) is 1. The molecule has 120 valence electrons. The van der Waals surface area contributed by atoms with E-state index in [0.29, 0.717) is 23.1 Å². The van der Waals surface area contributed by atoms with E-state index in [0.717, 1.165) is 0 Å². The first-order valence-electron chi connectivity index (χ1n) is 7.10. The Morgan fingerprint density at radius 1 is 1.21 bits per heavy atom. The summed E-state index contributed by atoms with van der Waals surface area (Å²) >= 11 is 0. The molecule has 0 aliphatic rings. The van der Waals surface area contributed by atoms with E-state index < -0.39 is 18.0 Å². The fourth-order valence-corrected chi connectivity index (χ4v) is 1.89. The first kappa shape index (κ1) is 16.9. The van der Waals surface area contributed by atoms with Crippen LogP contribution >= 0.6 is 0 Å². The molecule has 0 saturated heterocycles. The van der Waals surface area contributed by atoms with E-state index >= 15 is 0 Å². The van der Waals surface area contributed by atoms with Crippen LogP contribution in [0.4, 0.5) is 5.69 Å². The molecule has 0 saturated carbocycles. The second-order valence-electron chi connectivity index (χ2n) is 4.97. The number of rotatable bonds is 5. The Labute approximate surface area is 138 Å². The number of esters is 1. The van der Waals surface area contributed by atoms with Gasteiger partial charge in [0.1, 0.15) is 6.29 Å². The van der Waals surface area contributed by atoms with Crippen molar-refractivity contribution in [3.63, 3.8) is 0 Å². The van der Waals surface area contributed by atoms with Crippen LogP contribution in [0.2, 0.25) is 0 Å². The van der Waals surface area contributed by atoms with Gasteiger partial charge in [0.2, 0.25) is 0 Å². The van der Waals surface area contributed by atoms with Crippen molar-refractivity contribution >= 4 is 23.9 Å². The minimum absolute atomic E-state index is 0.242. The van der Waals surface area contributed by atoms with Crippen LogP contribution in [0, 0.1) is 11.3 Å². The number of aldehydes is 1. The smallest absolute Gasteiger partial charge is 0.338 e. The molecule has 1 N–H and O–H groups in total. The van der Waals surface area contributed by atoms with Gasteiger partial charge in [-0.05, 0) is 37.3 Å². The molecule has 2 aromatic carbocycles. The van der Waals surface area contributed by atoms with E-state index in [9.17, 15) is 14.4 Å². The highest BCUT2D eigenvalue weighted by atomic mass is 16.5. The highest BCUT2D eigenvalue weighted by Gasteiger charge is 2.19. The van der Waals surface area contributed by atoms with Crippen molar-refractivity contribution in [2.75, 3.05) is 5.32 Å². The van der Waals surface area contributed by atoms with Crippen LogP contribution in [-0.4, -0.2) is 24.3 Å². The lowest BCUT2D eigenvalue weighted by atomic mass is 10.1. The standard InChI is InChI=1S/C18H14N2O4/c1-12(17(22)20-16-4-2-3-14(9-16)10-19)24-18(23)15-7-5-13(11-21)6-8-15/h2-9,11-12H,1H3,(H,20,22). The zero-order valence-corrected chi connectivity index (χ0v) is 12.9. The lowest BCUT2D eigenvalue weighted by Gasteiger charge is -2.13. The third-order valence-electron chi connectivity index (χ3n) is 3.19. The van der Waals surface area contributed by atoms with Crippen LogP contribution < -0.4 is 5.32 Å². The number of hydrogen-bond donors (Lipinski definition) is 1. The summed E-state index contributed by atoms with van der Waals surface area (Å²) in [5, 5.41) is 11.4. The molecule has 6 nitrogen and oxygen atoms in total. The molecular weight excluding hydrogens is 308 g/mol. The fourth-order valence-electron chi connectivity index (χ4n) is 1.89. The minimum Gasteiger partial charge on any atom is -0.449 e. The van der Waals surface area contributed by atoms with Gasteiger partial charge in [-0.3, -0.25) is 9.59 Å². The normalized spacial score (nSPS) is 11.0. The molecular formula is C18H14N2O4. The summed E-state index contributed by atoms with van der Waals surface area (Å²) in [6, 6.07) is 14.3. The van der Waals surface area contributed by atoms with E-state index in [-0.39, 0.29) is 5.56 Å². The van der Waals surface area contributed by atoms with Gasteiger partial charge in [0.15, 0.2) is 6.10 Å². The van der Waals surface area contributed by atoms with Gasteiger partial charge in [0, 0.05) is 11.3 Å². The Balaban J connectivity index is 1.98. The van der Waals surface area contributed by atoms with Gasteiger partial charge < -0.3 is 10.1 Å². The van der Waals surface area contributed by atoms with Gasteiger partial charge in [0.05, 0.1) is 17.2 Å². The average molecular weight is 322 g/mol. The third-order valence-corrected chi connectivity index (χ3v) is 3.19. The second kappa shape index (κ2) is 7.70. The van der Waals surface area contributed by atoms with E-state index in [2.05, 4.69) is 5.32 Å². The van der Waals surface area contributed by atoms with Gasteiger partial charge in [-0.15, -0.1) is 0 Å². The quantitative estimate of drug-likeness (QED) is 0.674. The van der Waals surface area contributed by atoms with Crippen LogP contribution in [0.5, 0.6) is 0 Å². The summed E-state index contributed by atoms with van der Waals surface area (Å²) in [6.45, 7) is 1.45. The predicted molar refractivity (Wildman–Crippen MR) is 86.5 cm³/mol. The number of benzene rings is 2. The van der Waals surface area contributed by atoms with Crippen LogP contribution in [0.25, 0.3) is 0 Å². The third kappa shape index (κ3) is 4.27. The van der Waals surface area contributed by atoms with Gasteiger partial charge >= 0.3 is 5.97 Å². The second-order valence-corrected chi connectivity index (χ2v) is 4.97. The number of amides is 1. The van der Waals surface area contributed by atoms with Gasteiger partial charge in [-0.25, -0.2) is 4.79 Å². The van der Waals surface area contributed by atoms with Gasteiger partial charge in [0.25, 0.3) is 5.91 Å². The van der Waals surface area contributed by atoms with E-state index in [1.54, 1.807) is 18.2 Å². The Kier molecular flexibility index (Phi) is 5.42. The molecule has 0 fully saturated rings. The predicted octanol–water partition coefficient (Wildman–Crippen LogP) is 2.55. The summed E-state index contributed by atoms with van der Waals surface area (Å²) < 4.78 is 5.10. The fraction of sp³-hybridized carbons (Fsp3) is 0.111. The molecule has 24 heavy (non-hydrogen) atoms. The molecule has 1 atom stereocenters. The van der Waals surface area contributed by atoms with Crippen molar-refractivity contribution in [3.8, 4) is 6.07 Å². The van der Waals surface area contributed by atoms with E-state index in [1.807, 2.05) is 6.07 Å². The van der Waals surface area contributed by atoms with Crippen LogP contribution in [0.1, 0.15) is 33.2 Å². The lowest BCUT2D eigenvalue weighted by Crippen LogP contribution is -2.30. The van der Waals surface area contributed by atoms with Crippen molar-refractivity contribution in [2.24, 2.45) is 0 Å². The van der Waals surface area contributed by atoms with Crippen molar-refractivity contribution in [1.29, 1.82) is 5.26 Å². The summed E-state index contributed by atoms with van der Waals surface area (Å²) in [5.41, 5.74) is 1.53. The molecule has 6 heteroatoms. The SMILES string of the molecule is CC(OC(=O)c1ccc(C=O)cc1)C(=O)Nc1cccc(C#N)c1. The van der Waals surface area contributed by atoms with Gasteiger partial charge in [-0.1, -0.05) is 18.2 Å². The molecule has 1 amide bonds. The maximum absolute atomic E-state index is 12.1. The molecule has 0 spiro atoms. The van der Waals surface area contributed by atoms with E-state index in [1.165, 1.54) is 37.3 Å². The molecule has 0 bridgehead atoms. The number of nitrogens with zero attached hydrogens (tertiary/aromatic N) is 1. The summed E-state index contributed by atoms with van der Waals surface area (Å²) in [5.74, 6) is -1.18. The first-order valence-corrected chi connectivity index (χ1v) is 7.10.